The molecule has 1 N–H and O–H groups in total. The first-order valence-corrected chi connectivity index (χ1v) is 8.80. The zero-order valence-corrected chi connectivity index (χ0v) is 14.0. The molecule has 2 fully saturated rings. The molecule has 4 atom stereocenters. The van der Waals surface area contributed by atoms with Gasteiger partial charge in [-0.3, -0.25) is 24.3 Å². The SMILES string of the molecule is O=C(CN1C(=O)[C@@H]2[C@@H](C1=O)[C@H]1C=C[C@H]2C1)Nc1ccc2ncccc2c1. The largest absolute Gasteiger partial charge is 0.325 e. The number of carbonyl (C=O) groups is 3. The van der Waals surface area contributed by atoms with E-state index in [1.165, 1.54) is 0 Å². The third-order valence-corrected chi connectivity index (χ3v) is 5.75. The number of hydrogen-bond acceptors (Lipinski definition) is 4. The van der Waals surface area contributed by atoms with Crippen LogP contribution in [0.1, 0.15) is 6.42 Å². The lowest BCUT2D eigenvalue weighted by atomic mass is 9.85. The molecule has 0 unspecified atom stereocenters. The van der Waals surface area contributed by atoms with Gasteiger partial charge in [-0.2, -0.15) is 0 Å². The average Bonchev–Trinajstić information content (AvgIpc) is 3.32. The summed E-state index contributed by atoms with van der Waals surface area (Å²) in [5.74, 6) is -0.987. The molecule has 5 rings (SSSR count). The van der Waals surface area contributed by atoms with E-state index in [0.717, 1.165) is 22.2 Å². The molecular weight excluding hydrogens is 330 g/mol. The number of benzene rings is 1. The summed E-state index contributed by atoms with van der Waals surface area (Å²) in [4.78, 5) is 43.1. The Labute approximate surface area is 149 Å². The molecule has 2 aliphatic carbocycles. The average molecular weight is 347 g/mol. The molecule has 26 heavy (non-hydrogen) atoms. The van der Waals surface area contributed by atoms with Gasteiger partial charge in [-0.1, -0.05) is 18.2 Å². The fraction of sp³-hybridized carbons (Fsp3) is 0.300. The van der Waals surface area contributed by atoms with Crippen molar-refractivity contribution in [3.05, 3.63) is 48.7 Å². The van der Waals surface area contributed by atoms with Crippen LogP contribution in [0.15, 0.2) is 48.7 Å². The van der Waals surface area contributed by atoms with Crippen molar-refractivity contribution in [3.63, 3.8) is 0 Å². The van der Waals surface area contributed by atoms with Gasteiger partial charge in [0.1, 0.15) is 6.54 Å². The molecule has 2 bridgehead atoms. The van der Waals surface area contributed by atoms with Gasteiger partial charge >= 0.3 is 0 Å². The third kappa shape index (κ3) is 2.18. The second-order valence-corrected chi connectivity index (χ2v) is 7.22. The van der Waals surface area contributed by atoms with Gasteiger partial charge in [0.15, 0.2) is 0 Å². The minimum Gasteiger partial charge on any atom is -0.325 e. The maximum atomic E-state index is 12.6. The maximum absolute atomic E-state index is 12.6. The van der Waals surface area contributed by atoms with Gasteiger partial charge in [-0.05, 0) is 42.5 Å². The van der Waals surface area contributed by atoms with E-state index >= 15 is 0 Å². The van der Waals surface area contributed by atoms with Crippen molar-refractivity contribution >= 4 is 34.3 Å². The van der Waals surface area contributed by atoms with Crippen molar-refractivity contribution in [2.24, 2.45) is 23.7 Å². The number of nitrogens with one attached hydrogen (secondary N) is 1. The molecule has 1 saturated heterocycles. The van der Waals surface area contributed by atoms with Crippen molar-refractivity contribution in [1.82, 2.24) is 9.88 Å². The van der Waals surface area contributed by atoms with E-state index < -0.39 is 0 Å². The number of anilines is 1. The Kier molecular flexibility index (Phi) is 3.22. The number of carbonyl (C=O) groups excluding carboxylic acids is 3. The summed E-state index contributed by atoms with van der Waals surface area (Å²) in [5, 5.41) is 3.69. The topological polar surface area (TPSA) is 79.4 Å². The summed E-state index contributed by atoms with van der Waals surface area (Å²) in [5.41, 5.74) is 1.46. The summed E-state index contributed by atoms with van der Waals surface area (Å²) >= 11 is 0. The molecular formula is C20H17N3O3. The normalized spacial score (nSPS) is 28.8. The van der Waals surface area contributed by atoms with E-state index in [9.17, 15) is 14.4 Å². The molecule has 3 amide bonds. The molecule has 2 heterocycles. The minimum atomic E-state index is -0.366. The monoisotopic (exact) mass is 347 g/mol. The Bertz CT molecular complexity index is 953. The fourth-order valence-electron chi connectivity index (χ4n) is 4.62. The first kappa shape index (κ1) is 15.3. The zero-order valence-electron chi connectivity index (χ0n) is 14.0. The number of nitrogens with zero attached hydrogens (tertiary/aromatic N) is 2. The van der Waals surface area contributed by atoms with Gasteiger partial charge in [0.2, 0.25) is 17.7 Å². The highest BCUT2D eigenvalue weighted by molar-refractivity contribution is 6.09. The van der Waals surface area contributed by atoms with Gasteiger partial charge in [0.05, 0.1) is 17.4 Å². The van der Waals surface area contributed by atoms with E-state index in [1.54, 1.807) is 12.3 Å². The van der Waals surface area contributed by atoms with Crippen LogP contribution in [0.25, 0.3) is 10.9 Å². The standard InChI is InChI=1S/C20H17N3O3/c24-16(22-14-5-6-15-11(9-14)2-1-7-21-15)10-23-19(25)17-12-3-4-13(8-12)18(17)20(23)26/h1-7,9,12-13,17-18H,8,10H2,(H,22,24)/t12-,13-,17-,18-/m0/s1. The number of pyridine rings is 1. The van der Waals surface area contributed by atoms with Crippen molar-refractivity contribution in [3.8, 4) is 0 Å². The van der Waals surface area contributed by atoms with Crippen LogP contribution >= 0.6 is 0 Å². The summed E-state index contributed by atoms with van der Waals surface area (Å²) < 4.78 is 0. The number of hydrogen-bond donors (Lipinski definition) is 1. The Morgan fingerprint density at radius 1 is 1.12 bits per heavy atom. The molecule has 6 nitrogen and oxygen atoms in total. The number of fused-ring (bicyclic) bond motifs is 6. The molecule has 1 aromatic carbocycles. The molecule has 0 spiro atoms. The predicted octanol–water partition coefficient (Wildman–Crippen LogP) is 1.98. The Hall–Kier alpha value is -3.02. The van der Waals surface area contributed by atoms with Gasteiger partial charge in [-0.15, -0.1) is 0 Å². The number of amides is 3. The van der Waals surface area contributed by atoms with Crippen LogP contribution in [0.5, 0.6) is 0 Å². The highest BCUT2D eigenvalue weighted by Gasteiger charge is 2.59. The van der Waals surface area contributed by atoms with Crippen molar-refractivity contribution in [1.29, 1.82) is 0 Å². The van der Waals surface area contributed by atoms with Crippen molar-refractivity contribution in [2.75, 3.05) is 11.9 Å². The highest BCUT2D eigenvalue weighted by Crippen LogP contribution is 2.52. The Morgan fingerprint density at radius 2 is 1.85 bits per heavy atom. The first-order chi connectivity index (χ1) is 12.6. The van der Waals surface area contributed by atoms with Gasteiger partial charge in [0, 0.05) is 17.3 Å². The lowest BCUT2D eigenvalue weighted by molar-refractivity contribution is -0.143. The summed E-state index contributed by atoms with van der Waals surface area (Å²) in [7, 11) is 0. The molecule has 0 radical (unpaired) electrons. The number of aromatic nitrogens is 1. The van der Waals surface area contributed by atoms with Crippen LogP contribution in [-0.4, -0.2) is 34.2 Å². The van der Waals surface area contributed by atoms with Gasteiger partial charge in [0.25, 0.3) is 0 Å². The quantitative estimate of drug-likeness (QED) is 0.680. The van der Waals surface area contributed by atoms with E-state index in [0.29, 0.717) is 5.69 Å². The van der Waals surface area contributed by atoms with Crippen LogP contribution < -0.4 is 5.32 Å². The zero-order chi connectivity index (χ0) is 17.8. The van der Waals surface area contributed by atoms with Crippen molar-refractivity contribution in [2.45, 2.75) is 6.42 Å². The smallest absolute Gasteiger partial charge is 0.244 e. The van der Waals surface area contributed by atoms with Gasteiger partial charge < -0.3 is 5.32 Å². The number of likely N-dealkylation sites (tertiary alicyclic amines) is 1. The van der Waals surface area contributed by atoms with Crippen LogP contribution in [0.2, 0.25) is 0 Å². The van der Waals surface area contributed by atoms with Crippen LogP contribution in [-0.2, 0) is 14.4 Å². The first-order valence-electron chi connectivity index (χ1n) is 8.80. The van der Waals surface area contributed by atoms with E-state index in [2.05, 4.69) is 10.3 Å². The minimum absolute atomic E-state index is 0.155. The molecule has 1 saturated carbocycles. The molecule has 3 aliphatic rings. The van der Waals surface area contributed by atoms with Crippen LogP contribution in [0, 0.1) is 23.7 Å². The second-order valence-electron chi connectivity index (χ2n) is 7.22. The number of rotatable bonds is 3. The lowest BCUT2D eigenvalue weighted by Crippen LogP contribution is -2.39. The maximum Gasteiger partial charge on any atom is 0.244 e. The number of imide groups is 1. The molecule has 6 heteroatoms. The van der Waals surface area contributed by atoms with Gasteiger partial charge in [-0.25, -0.2) is 0 Å². The fourth-order valence-corrected chi connectivity index (χ4v) is 4.62. The van der Waals surface area contributed by atoms with Crippen molar-refractivity contribution < 1.29 is 14.4 Å². The Balaban J connectivity index is 1.31. The summed E-state index contributed by atoms with van der Waals surface area (Å²) in [6, 6.07) is 9.16. The number of allylic oxidation sites excluding steroid dienone is 2. The third-order valence-electron chi connectivity index (χ3n) is 5.75. The predicted molar refractivity (Wildman–Crippen MR) is 94.8 cm³/mol. The summed E-state index contributed by atoms with van der Waals surface area (Å²) in [6.07, 6.45) is 6.69. The Morgan fingerprint density at radius 3 is 2.58 bits per heavy atom. The molecule has 2 aromatic rings. The molecule has 1 aromatic heterocycles. The van der Waals surface area contributed by atoms with Crippen LogP contribution in [0.4, 0.5) is 5.69 Å². The lowest BCUT2D eigenvalue weighted by Gasteiger charge is -2.17. The van der Waals surface area contributed by atoms with E-state index in [4.69, 9.17) is 0 Å². The van der Waals surface area contributed by atoms with E-state index in [1.807, 2.05) is 36.4 Å². The summed E-state index contributed by atoms with van der Waals surface area (Å²) in [6.45, 7) is -0.227. The molecule has 130 valence electrons. The van der Waals surface area contributed by atoms with E-state index in [-0.39, 0.29) is 47.9 Å². The second kappa shape index (κ2) is 5.49. The highest BCUT2D eigenvalue weighted by atomic mass is 16.2. The molecule has 1 aliphatic heterocycles. The van der Waals surface area contributed by atoms with Crippen LogP contribution in [0.3, 0.4) is 0 Å².